The number of ether oxygens (including phenoxy) is 3. The molecular formula is C18H24N2O6S. The molecule has 1 aromatic heterocycles. The number of nitrogens with zero attached hydrogens (tertiary/aromatic N) is 2. The Labute approximate surface area is 159 Å². The molecule has 1 aliphatic carbocycles. The van der Waals surface area contributed by atoms with Crippen molar-refractivity contribution in [2.45, 2.75) is 44.2 Å². The molecule has 8 nitrogen and oxygen atoms in total. The number of sulfonamides is 1. The van der Waals surface area contributed by atoms with Crippen LogP contribution in [0.3, 0.4) is 0 Å². The van der Waals surface area contributed by atoms with Gasteiger partial charge >= 0.3 is 0 Å². The van der Waals surface area contributed by atoms with Gasteiger partial charge in [0.1, 0.15) is 10.6 Å². The lowest BCUT2D eigenvalue weighted by Gasteiger charge is -2.23. The van der Waals surface area contributed by atoms with E-state index in [2.05, 4.69) is 5.16 Å². The summed E-state index contributed by atoms with van der Waals surface area (Å²) in [5, 5.41) is 3.79. The van der Waals surface area contributed by atoms with Gasteiger partial charge in [0.2, 0.25) is 15.8 Å². The molecule has 148 valence electrons. The summed E-state index contributed by atoms with van der Waals surface area (Å²) in [6.45, 7) is 3.43. The molecule has 0 unspecified atom stereocenters. The molecule has 1 aliphatic rings. The van der Waals surface area contributed by atoms with Gasteiger partial charge in [-0.1, -0.05) is 5.16 Å². The van der Waals surface area contributed by atoms with Gasteiger partial charge in [-0.2, -0.15) is 4.31 Å². The first-order valence-corrected chi connectivity index (χ1v) is 10.0. The van der Waals surface area contributed by atoms with Crippen molar-refractivity contribution in [3.8, 4) is 17.2 Å². The van der Waals surface area contributed by atoms with Crippen molar-refractivity contribution < 1.29 is 27.2 Å². The molecule has 2 aromatic rings. The second kappa shape index (κ2) is 7.40. The zero-order chi connectivity index (χ0) is 19.8. The Morgan fingerprint density at radius 1 is 1.11 bits per heavy atom. The van der Waals surface area contributed by atoms with E-state index in [0.29, 0.717) is 28.7 Å². The Bertz CT molecular complexity index is 889. The number of hydrogen-bond donors (Lipinski definition) is 0. The summed E-state index contributed by atoms with van der Waals surface area (Å²) in [6.07, 6.45) is 1.65. The van der Waals surface area contributed by atoms with E-state index in [1.807, 2.05) is 0 Å². The predicted octanol–water partition coefficient (Wildman–Crippen LogP) is 2.67. The molecule has 0 radical (unpaired) electrons. The molecule has 0 aliphatic heterocycles. The summed E-state index contributed by atoms with van der Waals surface area (Å²) in [6, 6.07) is 3.49. The van der Waals surface area contributed by atoms with Gasteiger partial charge in [0, 0.05) is 12.6 Å². The molecule has 0 saturated heterocycles. The Balaban J connectivity index is 2.01. The van der Waals surface area contributed by atoms with E-state index in [-0.39, 0.29) is 17.5 Å². The van der Waals surface area contributed by atoms with E-state index >= 15 is 0 Å². The predicted molar refractivity (Wildman–Crippen MR) is 97.8 cm³/mol. The van der Waals surface area contributed by atoms with Crippen LogP contribution >= 0.6 is 0 Å². The Hall–Kier alpha value is -2.26. The fraction of sp³-hybridized carbons (Fsp3) is 0.500. The average Bonchev–Trinajstić information content (AvgIpc) is 3.42. The molecule has 1 aromatic carbocycles. The molecule has 1 fully saturated rings. The Morgan fingerprint density at radius 2 is 1.70 bits per heavy atom. The minimum absolute atomic E-state index is 0.0391. The molecular weight excluding hydrogens is 372 g/mol. The number of benzene rings is 1. The van der Waals surface area contributed by atoms with Crippen molar-refractivity contribution >= 4 is 10.0 Å². The summed E-state index contributed by atoms with van der Waals surface area (Å²) in [5.74, 6) is 1.73. The van der Waals surface area contributed by atoms with Crippen molar-refractivity contribution in [3.05, 3.63) is 29.2 Å². The van der Waals surface area contributed by atoms with E-state index in [1.165, 1.54) is 25.6 Å². The summed E-state index contributed by atoms with van der Waals surface area (Å²) in [4.78, 5) is 0.141. The van der Waals surface area contributed by atoms with Crippen LogP contribution in [0.2, 0.25) is 0 Å². The summed E-state index contributed by atoms with van der Waals surface area (Å²) in [7, 11) is 0.838. The Kier molecular flexibility index (Phi) is 5.34. The summed E-state index contributed by atoms with van der Waals surface area (Å²) >= 11 is 0. The van der Waals surface area contributed by atoms with Gasteiger partial charge in [-0.25, -0.2) is 8.42 Å². The third-order valence-corrected chi connectivity index (χ3v) is 6.70. The lowest BCUT2D eigenvalue weighted by atomic mass is 10.1. The zero-order valence-electron chi connectivity index (χ0n) is 16.1. The van der Waals surface area contributed by atoms with Crippen molar-refractivity contribution in [1.29, 1.82) is 0 Å². The topological polar surface area (TPSA) is 91.1 Å². The quantitative estimate of drug-likeness (QED) is 0.677. The lowest BCUT2D eigenvalue weighted by molar-refractivity contribution is 0.322. The standard InChI is InChI=1S/C18H24N2O6S/c1-11-18(12(2)26-19-11)27(21,22)20(14-6-7-14)10-13-8-15(23-3)17(25-5)16(9-13)24-4/h8-9,14H,6-7,10H2,1-5H3. The number of aryl methyl sites for hydroxylation is 2. The van der Waals surface area contributed by atoms with Gasteiger partial charge in [0.25, 0.3) is 0 Å². The highest BCUT2D eigenvalue weighted by Gasteiger charge is 2.41. The van der Waals surface area contributed by atoms with Crippen LogP contribution in [0, 0.1) is 13.8 Å². The van der Waals surface area contributed by atoms with Crippen molar-refractivity contribution in [2.75, 3.05) is 21.3 Å². The molecule has 3 rings (SSSR count). The molecule has 27 heavy (non-hydrogen) atoms. The second-order valence-electron chi connectivity index (χ2n) is 6.47. The zero-order valence-corrected chi connectivity index (χ0v) is 16.9. The molecule has 0 N–H and O–H groups in total. The van der Waals surface area contributed by atoms with Crippen molar-refractivity contribution in [2.24, 2.45) is 0 Å². The van der Waals surface area contributed by atoms with Crippen LogP contribution in [0.5, 0.6) is 17.2 Å². The molecule has 0 spiro atoms. The number of rotatable bonds is 8. The molecule has 0 atom stereocenters. The highest BCUT2D eigenvalue weighted by molar-refractivity contribution is 7.89. The minimum atomic E-state index is -3.74. The molecule has 0 bridgehead atoms. The highest BCUT2D eigenvalue weighted by atomic mass is 32.2. The van der Waals surface area contributed by atoms with Crippen LogP contribution in [0.25, 0.3) is 0 Å². The van der Waals surface area contributed by atoms with Crippen LogP contribution in [0.15, 0.2) is 21.6 Å². The monoisotopic (exact) mass is 396 g/mol. The van der Waals surface area contributed by atoms with Crippen LogP contribution in [-0.4, -0.2) is 45.3 Å². The molecule has 1 saturated carbocycles. The van der Waals surface area contributed by atoms with Crippen molar-refractivity contribution in [3.63, 3.8) is 0 Å². The maximum atomic E-state index is 13.3. The van der Waals surface area contributed by atoms with Gasteiger partial charge < -0.3 is 18.7 Å². The largest absolute Gasteiger partial charge is 0.493 e. The summed E-state index contributed by atoms with van der Waals surface area (Å²) < 4.78 is 49.2. The first-order chi connectivity index (χ1) is 12.8. The van der Waals surface area contributed by atoms with Gasteiger partial charge in [0.05, 0.1) is 21.3 Å². The number of aromatic nitrogens is 1. The lowest BCUT2D eigenvalue weighted by Crippen LogP contribution is -2.33. The van der Waals surface area contributed by atoms with Gasteiger partial charge in [-0.3, -0.25) is 0 Å². The van der Waals surface area contributed by atoms with E-state index in [4.69, 9.17) is 18.7 Å². The van der Waals surface area contributed by atoms with Crippen LogP contribution in [0.1, 0.15) is 29.9 Å². The van der Waals surface area contributed by atoms with E-state index in [0.717, 1.165) is 18.4 Å². The highest BCUT2D eigenvalue weighted by Crippen LogP contribution is 2.40. The summed E-state index contributed by atoms with van der Waals surface area (Å²) in [5.41, 5.74) is 1.11. The average molecular weight is 396 g/mol. The van der Waals surface area contributed by atoms with Gasteiger partial charge in [-0.05, 0) is 44.4 Å². The first kappa shape index (κ1) is 19.5. The van der Waals surface area contributed by atoms with Crippen LogP contribution in [0.4, 0.5) is 0 Å². The minimum Gasteiger partial charge on any atom is -0.493 e. The van der Waals surface area contributed by atoms with Gasteiger partial charge in [-0.15, -0.1) is 0 Å². The third kappa shape index (κ3) is 3.61. The van der Waals surface area contributed by atoms with Crippen LogP contribution < -0.4 is 14.2 Å². The number of hydrogen-bond acceptors (Lipinski definition) is 7. The number of methoxy groups -OCH3 is 3. The third-order valence-electron chi connectivity index (χ3n) is 4.55. The molecule has 0 amide bonds. The van der Waals surface area contributed by atoms with Gasteiger partial charge in [0.15, 0.2) is 17.3 Å². The molecule has 1 heterocycles. The maximum absolute atomic E-state index is 13.3. The molecule has 9 heteroatoms. The Morgan fingerprint density at radius 3 is 2.11 bits per heavy atom. The SMILES string of the molecule is COc1cc(CN(C2CC2)S(=O)(=O)c2c(C)noc2C)cc(OC)c1OC. The van der Waals surface area contributed by atoms with E-state index in [1.54, 1.807) is 26.0 Å². The fourth-order valence-corrected chi connectivity index (χ4v) is 5.11. The van der Waals surface area contributed by atoms with E-state index < -0.39 is 10.0 Å². The normalized spacial score (nSPS) is 14.4. The van der Waals surface area contributed by atoms with E-state index in [9.17, 15) is 8.42 Å². The van der Waals surface area contributed by atoms with Crippen molar-refractivity contribution in [1.82, 2.24) is 9.46 Å². The second-order valence-corrected chi connectivity index (χ2v) is 8.30. The smallest absolute Gasteiger partial charge is 0.249 e. The van der Waals surface area contributed by atoms with Crippen LogP contribution in [-0.2, 0) is 16.6 Å². The fourth-order valence-electron chi connectivity index (χ4n) is 3.14. The first-order valence-electron chi connectivity index (χ1n) is 8.57. The maximum Gasteiger partial charge on any atom is 0.249 e.